The van der Waals surface area contributed by atoms with Crippen LogP contribution in [0.5, 0.6) is 0 Å². The number of carbonyl (C=O) groups is 1. The smallest absolute Gasteiger partial charge is 0.326 e. The Balaban J connectivity index is 1.95. The third-order valence-corrected chi connectivity index (χ3v) is 1.78. The first-order valence-corrected chi connectivity index (χ1v) is 4.65. The molecule has 0 fully saturated rings. The molecule has 16 heavy (non-hydrogen) atoms. The molecule has 0 aliphatic heterocycles. The van der Waals surface area contributed by atoms with Crippen molar-refractivity contribution in [3.8, 4) is 0 Å². The zero-order valence-corrected chi connectivity index (χ0v) is 8.60. The predicted octanol–water partition coefficient (Wildman–Crippen LogP) is 2.02. The van der Waals surface area contributed by atoms with Gasteiger partial charge in [-0.25, -0.2) is 4.79 Å². The largest absolute Gasteiger partial charge is 0.338 e. The van der Waals surface area contributed by atoms with E-state index in [2.05, 4.69) is 20.8 Å². The first kappa shape index (κ1) is 10.2. The topological polar surface area (TPSA) is 80.0 Å². The number of aromatic nitrogens is 2. The number of amides is 2. The highest BCUT2D eigenvalue weighted by Gasteiger charge is 2.05. The molecular weight excluding hydrogens is 208 g/mol. The van der Waals surface area contributed by atoms with Crippen molar-refractivity contribution in [1.29, 1.82) is 0 Å². The first-order valence-electron chi connectivity index (χ1n) is 4.65. The molecule has 0 bridgehead atoms. The minimum atomic E-state index is -0.399. The van der Waals surface area contributed by atoms with Gasteiger partial charge in [0.05, 0.1) is 17.6 Å². The maximum Gasteiger partial charge on any atom is 0.326 e. The molecule has 82 valence electrons. The van der Waals surface area contributed by atoms with Gasteiger partial charge in [0.1, 0.15) is 0 Å². The van der Waals surface area contributed by atoms with Crippen molar-refractivity contribution in [1.82, 2.24) is 10.1 Å². The second-order valence-electron chi connectivity index (χ2n) is 3.15. The van der Waals surface area contributed by atoms with Crippen LogP contribution in [0.1, 0.15) is 5.69 Å². The lowest BCUT2D eigenvalue weighted by Gasteiger charge is -2.03. The van der Waals surface area contributed by atoms with E-state index in [9.17, 15) is 4.79 Å². The number of hydrogen-bond donors (Lipinski definition) is 2. The standard InChI is InChI=1S/C10H10N4O2/c1-7-5-9(16-14-7)13-10(15)12-8-3-2-4-11-6-8/h2-6H,1H3,(H2,12,13,15). The molecule has 0 saturated heterocycles. The molecule has 0 saturated carbocycles. The number of hydrogen-bond acceptors (Lipinski definition) is 4. The van der Waals surface area contributed by atoms with Crippen LogP contribution in [-0.4, -0.2) is 16.2 Å². The molecular formula is C10H10N4O2. The van der Waals surface area contributed by atoms with Gasteiger partial charge in [0.25, 0.3) is 0 Å². The quantitative estimate of drug-likeness (QED) is 0.808. The molecule has 0 aliphatic rings. The summed E-state index contributed by atoms with van der Waals surface area (Å²) in [4.78, 5) is 15.3. The summed E-state index contributed by atoms with van der Waals surface area (Å²) in [5, 5.41) is 8.75. The van der Waals surface area contributed by atoms with Gasteiger partial charge in [-0.05, 0) is 19.1 Å². The Morgan fingerprint density at radius 1 is 1.44 bits per heavy atom. The number of carbonyl (C=O) groups excluding carboxylic acids is 1. The highest BCUT2D eigenvalue weighted by Crippen LogP contribution is 2.09. The highest BCUT2D eigenvalue weighted by atomic mass is 16.5. The lowest BCUT2D eigenvalue weighted by molar-refractivity contribution is 0.261. The molecule has 0 atom stereocenters. The fourth-order valence-electron chi connectivity index (χ4n) is 1.13. The molecule has 2 aromatic rings. The summed E-state index contributed by atoms with van der Waals surface area (Å²) in [6, 6.07) is 4.69. The Bertz CT molecular complexity index is 481. The predicted molar refractivity (Wildman–Crippen MR) is 58.1 cm³/mol. The van der Waals surface area contributed by atoms with Gasteiger partial charge in [0.15, 0.2) is 0 Å². The molecule has 0 aromatic carbocycles. The average molecular weight is 218 g/mol. The third-order valence-electron chi connectivity index (χ3n) is 1.78. The van der Waals surface area contributed by atoms with E-state index in [1.54, 1.807) is 37.5 Å². The van der Waals surface area contributed by atoms with Gasteiger partial charge < -0.3 is 9.84 Å². The van der Waals surface area contributed by atoms with Crippen LogP contribution in [-0.2, 0) is 0 Å². The minimum Gasteiger partial charge on any atom is -0.338 e. The molecule has 0 spiro atoms. The minimum absolute atomic E-state index is 0.305. The fraction of sp³-hybridized carbons (Fsp3) is 0.100. The second-order valence-corrected chi connectivity index (χ2v) is 3.15. The Kier molecular flexibility index (Phi) is 2.81. The van der Waals surface area contributed by atoms with Crippen LogP contribution in [0, 0.1) is 6.92 Å². The van der Waals surface area contributed by atoms with Crippen LogP contribution < -0.4 is 10.6 Å². The van der Waals surface area contributed by atoms with Crippen LogP contribution in [0.15, 0.2) is 35.1 Å². The summed E-state index contributed by atoms with van der Waals surface area (Å²) >= 11 is 0. The Morgan fingerprint density at radius 3 is 2.94 bits per heavy atom. The Hall–Kier alpha value is -2.37. The van der Waals surface area contributed by atoms with Gasteiger partial charge >= 0.3 is 6.03 Å². The third kappa shape index (κ3) is 2.57. The molecule has 2 amide bonds. The summed E-state index contributed by atoms with van der Waals surface area (Å²) in [6.07, 6.45) is 3.17. The van der Waals surface area contributed by atoms with E-state index in [1.807, 2.05) is 0 Å². The zero-order chi connectivity index (χ0) is 11.4. The van der Waals surface area contributed by atoms with Crippen LogP contribution in [0.3, 0.4) is 0 Å². The lowest BCUT2D eigenvalue weighted by atomic mass is 10.4. The number of rotatable bonds is 2. The van der Waals surface area contributed by atoms with Crippen LogP contribution in [0.25, 0.3) is 0 Å². The molecule has 0 aliphatic carbocycles. The summed E-state index contributed by atoms with van der Waals surface area (Å²) < 4.78 is 4.84. The summed E-state index contributed by atoms with van der Waals surface area (Å²) in [6.45, 7) is 1.77. The van der Waals surface area contributed by atoms with Crippen molar-refractivity contribution in [3.05, 3.63) is 36.3 Å². The number of nitrogens with one attached hydrogen (secondary N) is 2. The molecule has 2 N–H and O–H groups in total. The number of urea groups is 1. The van der Waals surface area contributed by atoms with E-state index in [4.69, 9.17) is 4.52 Å². The average Bonchev–Trinajstić information content (AvgIpc) is 2.65. The van der Waals surface area contributed by atoms with Crippen molar-refractivity contribution < 1.29 is 9.32 Å². The second kappa shape index (κ2) is 4.43. The normalized spacial score (nSPS) is 9.81. The summed E-state index contributed by atoms with van der Waals surface area (Å²) in [7, 11) is 0. The molecule has 6 heteroatoms. The molecule has 0 radical (unpaired) electrons. The molecule has 2 heterocycles. The van der Waals surface area contributed by atoms with E-state index in [-0.39, 0.29) is 0 Å². The lowest BCUT2D eigenvalue weighted by Crippen LogP contribution is -2.19. The van der Waals surface area contributed by atoms with Crippen LogP contribution in [0.2, 0.25) is 0 Å². The van der Waals surface area contributed by atoms with Gasteiger partial charge in [-0.3, -0.25) is 10.3 Å². The first-order chi connectivity index (χ1) is 7.74. The molecule has 2 aromatic heterocycles. The van der Waals surface area contributed by atoms with Crippen molar-refractivity contribution in [2.45, 2.75) is 6.92 Å². The van der Waals surface area contributed by atoms with E-state index < -0.39 is 6.03 Å². The molecule has 6 nitrogen and oxygen atoms in total. The van der Waals surface area contributed by atoms with Crippen LogP contribution in [0.4, 0.5) is 16.4 Å². The number of anilines is 2. The van der Waals surface area contributed by atoms with Crippen molar-refractivity contribution >= 4 is 17.6 Å². The zero-order valence-electron chi connectivity index (χ0n) is 8.60. The maximum absolute atomic E-state index is 11.5. The van der Waals surface area contributed by atoms with Gasteiger partial charge in [-0.15, -0.1) is 0 Å². The molecule has 0 unspecified atom stereocenters. The summed E-state index contributed by atoms with van der Waals surface area (Å²) in [5.74, 6) is 0.305. The van der Waals surface area contributed by atoms with E-state index in [1.165, 1.54) is 0 Å². The van der Waals surface area contributed by atoms with Crippen LogP contribution >= 0.6 is 0 Å². The Labute approximate surface area is 91.7 Å². The van der Waals surface area contributed by atoms with Crippen molar-refractivity contribution in [2.24, 2.45) is 0 Å². The SMILES string of the molecule is Cc1cc(NC(=O)Nc2cccnc2)on1. The summed E-state index contributed by atoms with van der Waals surface area (Å²) in [5.41, 5.74) is 1.31. The van der Waals surface area contributed by atoms with E-state index in [0.29, 0.717) is 17.3 Å². The van der Waals surface area contributed by atoms with Gasteiger partial charge in [0.2, 0.25) is 5.88 Å². The molecule has 2 rings (SSSR count). The van der Waals surface area contributed by atoms with Gasteiger partial charge in [-0.2, -0.15) is 0 Å². The Morgan fingerprint density at radius 2 is 2.31 bits per heavy atom. The van der Waals surface area contributed by atoms with E-state index >= 15 is 0 Å². The number of pyridine rings is 1. The highest BCUT2D eigenvalue weighted by molar-refractivity contribution is 5.98. The van der Waals surface area contributed by atoms with Gasteiger partial charge in [-0.1, -0.05) is 5.16 Å². The maximum atomic E-state index is 11.5. The van der Waals surface area contributed by atoms with E-state index in [0.717, 1.165) is 0 Å². The number of nitrogens with zero attached hydrogens (tertiary/aromatic N) is 2. The van der Waals surface area contributed by atoms with Crippen molar-refractivity contribution in [3.63, 3.8) is 0 Å². The van der Waals surface area contributed by atoms with Crippen molar-refractivity contribution in [2.75, 3.05) is 10.6 Å². The number of aryl methyl sites for hydroxylation is 1. The monoisotopic (exact) mass is 218 g/mol. The fourth-order valence-corrected chi connectivity index (χ4v) is 1.13. The van der Waals surface area contributed by atoms with Gasteiger partial charge in [0, 0.05) is 12.3 Å².